The summed E-state index contributed by atoms with van der Waals surface area (Å²) in [5, 5.41) is 11.4. The van der Waals surface area contributed by atoms with Crippen molar-refractivity contribution >= 4 is 12.0 Å². The predicted molar refractivity (Wildman–Crippen MR) is 81.1 cm³/mol. The highest BCUT2D eigenvalue weighted by molar-refractivity contribution is 5.90. The van der Waals surface area contributed by atoms with Crippen molar-refractivity contribution in [2.24, 2.45) is 0 Å². The second kappa shape index (κ2) is 7.26. The average Bonchev–Trinajstić information content (AvgIpc) is 2.94. The Morgan fingerprint density at radius 3 is 2.77 bits per heavy atom. The molecule has 1 fully saturated rings. The first-order valence-electron chi connectivity index (χ1n) is 7.45. The summed E-state index contributed by atoms with van der Waals surface area (Å²) in [5.41, 5.74) is -0.00960. The molecule has 0 spiro atoms. The third kappa shape index (κ3) is 3.57. The van der Waals surface area contributed by atoms with Crippen LogP contribution in [0, 0.1) is 0 Å². The Labute approximate surface area is 130 Å². The highest BCUT2D eigenvalue weighted by Crippen LogP contribution is 2.30. The fourth-order valence-electron chi connectivity index (χ4n) is 2.65. The van der Waals surface area contributed by atoms with Crippen LogP contribution in [0.25, 0.3) is 0 Å². The van der Waals surface area contributed by atoms with Crippen molar-refractivity contribution in [1.82, 2.24) is 10.2 Å². The van der Waals surface area contributed by atoms with Crippen LogP contribution in [0.15, 0.2) is 30.3 Å². The summed E-state index contributed by atoms with van der Waals surface area (Å²) < 4.78 is 5.32. The predicted octanol–water partition coefficient (Wildman–Crippen LogP) is 1.29. The maximum absolute atomic E-state index is 12.3. The summed E-state index contributed by atoms with van der Waals surface area (Å²) in [6.45, 7) is 2.47. The van der Waals surface area contributed by atoms with Crippen molar-refractivity contribution in [3.8, 4) is 0 Å². The molecule has 1 saturated heterocycles. The smallest absolute Gasteiger partial charge is 0.410 e. The van der Waals surface area contributed by atoms with E-state index in [1.807, 2.05) is 30.3 Å². The van der Waals surface area contributed by atoms with Crippen molar-refractivity contribution in [3.05, 3.63) is 35.9 Å². The highest BCUT2D eigenvalue weighted by Gasteiger charge is 2.46. The number of aliphatic hydroxyl groups is 1. The van der Waals surface area contributed by atoms with E-state index in [1.54, 1.807) is 6.92 Å². The number of nitrogens with zero attached hydrogens (tertiary/aromatic N) is 1. The van der Waals surface area contributed by atoms with Gasteiger partial charge in [0.05, 0.1) is 6.61 Å². The highest BCUT2D eigenvalue weighted by atomic mass is 16.6. The number of carbonyl (C=O) groups excluding carboxylic acids is 2. The minimum Gasteiger partial charge on any atom is -0.445 e. The zero-order chi connectivity index (χ0) is 16.0. The average molecular weight is 306 g/mol. The number of ether oxygens (including phenoxy) is 1. The maximum atomic E-state index is 12.3. The second-order valence-electron chi connectivity index (χ2n) is 5.55. The van der Waals surface area contributed by atoms with Gasteiger partial charge in [0.25, 0.3) is 0 Å². The maximum Gasteiger partial charge on any atom is 0.410 e. The van der Waals surface area contributed by atoms with E-state index in [-0.39, 0.29) is 25.7 Å². The van der Waals surface area contributed by atoms with Gasteiger partial charge < -0.3 is 15.2 Å². The SMILES string of the molecule is CC1(C(=O)NCCO)CCCN1C(=O)OCc1ccccc1. The molecule has 1 unspecified atom stereocenters. The van der Waals surface area contributed by atoms with Crippen molar-refractivity contribution in [3.63, 3.8) is 0 Å². The first-order valence-corrected chi connectivity index (χ1v) is 7.45. The zero-order valence-electron chi connectivity index (χ0n) is 12.7. The van der Waals surface area contributed by atoms with Crippen LogP contribution in [-0.2, 0) is 16.1 Å². The molecule has 0 radical (unpaired) electrons. The van der Waals surface area contributed by atoms with Crippen molar-refractivity contribution in [2.45, 2.75) is 31.9 Å². The van der Waals surface area contributed by atoms with Gasteiger partial charge >= 0.3 is 6.09 Å². The van der Waals surface area contributed by atoms with Gasteiger partial charge in [-0.3, -0.25) is 9.69 Å². The molecule has 0 aliphatic carbocycles. The Hall–Kier alpha value is -2.08. The minimum atomic E-state index is -0.914. The minimum absolute atomic E-state index is 0.125. The van der Waals surface area contributed by atoms with Crippen molar-refractivity contribution < 1.29 is 19.4 Å². The lowest BCUT2D eigenvalue weighted by Gasteiger charge is -2.33. The Bertz CT molecular complexity index is 520. The third-order valence-corrected chi connectivity index (χ3v) is 3.95. The van der Waals surface area contributed by atoms with Gasteiger partial charge in [0.1, 0.15) is 12.1 Å². The molecule has 1 aromatic carbocycles. The van der Waals surface area contributed by atoms with E-state index in [0.717, 1.165) is 12.0 Å². The van der Waals surface area contributed by atoms with Crippen LogP contribution in [0.5, 0.6) is 0 Å². The fourth-order valence-corrected chi connectivity index (χ4v) is 2.65. The van der Waals surface area contributed by atoms with Crippen molar-refractivity contribution in [1.29, 1.82) is 0 Å². The van der Waals surface area contributed by atoms with E-state index in [2.05, 4.69) is 5.32 Å². The topological polar surface area (TPSA) is 78.9 Å². The summed E-state index contributed by atoms with van der Waals surface area (Å²) in [7, 11) is 0. The Kier molecular flexibility index (Phi) is 5.38. The normalized spacial score (nSPS) is 20.7. The molecular weight excluding hydrogens is 284 g/mol. The molecule has 2 rings (SSSR count). The molecule has 1 aromatic rings. The third-order valence-electron chi connectivity index (χ3n) is 3.95. The van der Waals surface area contributed by atoms with Crippen LogP contribution in [0.4, 0.5) is 4.79 Å². The van der Waals surface area contributed by atoms with E-state index in [0.29, 0.717) is 13.0 Å². The molecule has 0 bridgehead atoms. The van der Waals surface area contributed by atoms with E-state index >= 15 is 0 Å². The van der Waals surface area contributed by atoms with E-state index < -0.39 is 11.6 Å². The Morgan fingerprint density at radius 1 is 1.36 bits per heavy atom. The molecule has 6 heteroatoms. The molecule has 1 heterocycles. The summed E-state index contributed by atoms with van der Waals surface area (Å²) in [6.07, 6.45) is 0.858. The monoisotopic (exact) mass is 306 g/mol. The summed E-state index contributed by atoms with van der Waals surface area (Å²) >= 11 is 0. The number of benzene rings is 1. The number of aliphatic hydroxyl groups excluding tert-OH is 1. The first-order chi connectivity index (χ1) is 10.6. The van der Waals surface area contributed by atoms with Gasteiger partial charge in [-0.15, -0.1) is 0 Å². The summed E-state index contributed by atoms with van der Waals surface area (Å²) in [4.78, 5) is 26.0. The molecular formula is C16H22N2O4. The number of carbonyl (C=O) groups is 2. The van der Waals surface area contributed by atoms with Crippen molar-refractivity contribution in [2.75, 3.05) is 19.7 Å². The number of nitrogens with one attached hydrogen (secondary N) is 1. The lowest BCUT2D eigenvalue weighted by Crippen LogP contribution is -2.55. The van der Waals surface area contributed by atoms with Crippen LogP contribution >= 0.6 is 0 Å². The number of hydrogen-bond donors (Lipinski definition) is 2. The van der Waals surface area contributed by atoms with Crippen LogP contribution in [-0.4, -0.2) is 47.2 Å². The number of rotatable bonds is 5. The Balaban J connectivity index is 1.97. The number of hydrogen-bond acceptors (Lipinski definition) is 4. The lowest BCUT2D eigenvalue weighted by molar-refractivity contribution is -0.130. The quantitative estimate of drug-likeness (QED) is 0.859. The number of likely N-dealkylation sites (tertiary alicyclic amines) is 1. The molecule has 0 aromatic heterocycles. The van der Waals surface area contributed by atoms with E-state index in [4.69, 9.17) is 9.84 Å². The summed E-state index contributed by atoms with van der Waals surface area (Å²) in [6, 6.07) is 9.42. The van der Waals surface area contributed by atoms with Crippen LogP contribution < -0.4 is 5.32 Å². The van der Waals surface area contributed by atoms with Crippen LogP contribution in [0.1, 0.15) is 25.3 Å². The largest absolute Gasteiger partial charge is 0.445 e. The van der Waals surface area contributed by atoms with Gasteiger partial charge in [0.15, 0.2) is 0 Å². The zero-order valence-corrected chi connectivity index (χ0v) is 12.7. The van der Waals surface area contributed by atoms with Gasteiger partial charge in [-0.2, -0.15) is 0 Å². The molecule has 22 heavy (non-hydrogen) atoms. The van der Waals surface area contributed by atoms with Gasteiger partial charge in [0, 0.05) is 13.1 Å². The standard InChI is InChI=1S/C16H22N2O4/c1-16(14(20)17-9-11-19)8-5-10-18(16)15(21)22-12-13-6-3-2-4-7-13/h2-4,6-7,19H,5,8-12H2,1H3,(H,17,20). The van der Waals surface area contributed by atoms with E-state index in [9.17, 15) is 9.59 Å². The van der Waals surface area contributed by atoms with Gasteiger partial charge in [-0.1, -0.05) is 30.3 Å². The first kappa shape index (κ1) is 16.3. The molecule has 1 atom stereocenters. The van der Waals surface area contributed by atoms with Crippen LogP contribution in [0.3, 0.4) is 0 Å². The van der Waals surface area contributed by atoms with E-state index in [1.165, 1.54) is 4.90 Å². The molecule has 2 N–H and O–H groups in total. The second-order valence-corrected chi connectivity index (χ2v) is 5.55. The number of amides is 2. The molecule has 1 aliphatic heterocycles. The molecule has 2 amide bonds. The molecule has 120 valence electrons. The fraction of sp³-hybridized carbons (Fsp3) is 0.500. The van der Waals surface area contributed by atoms with Crippen LogP contribution in [0.2, 0.25) is 0 Å². The molecule has 0 saturated carbocycles. The van der Waals surface area contributed by atoms with Gasteiger partial charge in [0.2, 0.25) is 5.91 Å². The van der Waals surface area contributed by atoms with Gasteiger partial charge in [-0.25, -0.2) is 4.79 Å². The summed E-state index contributed by atoms with van der Waals surface area (Å²) in [5.74, 6) is -0.254. The molecule has 6 nitrogen and oxygen atoms in total. The molecule has 1 aliphatic rings. The lowest BCUT2D eigenvalue weighted by atomic mass is 9.98. The Morgan fingerprint density at radius 2 is 2.09 bits per heavy atom. The van der Waals surface area contributed by atoms with Gasteiger partial charge in [-0.05, 0) is 25.3 Å².